The fourth-order valence-electron chi connectivity index (χ4n) is 2.08. The Kier molecular flexibility index (Phi) is 2.40. The lowest BCUT2D eigenvalue weighted by atomic mass is 10.00. The van der Waals surface area contributed by atoms with Gasteiger partial charge < -0.3 is 9.72 Å². The number of benzene rings is 1. The molecule has 3 rings (SSSR count). The SMILES string of the molecule is O=C(c1ncc[nH]1)c1cccc2c1OCCC2. The number of nitrogens with zero attached hydrogens (tertiary/aromatic N) is 1. The van der Waals surface area contributed by atoms with E-state index >= 15 is 0 Å². The first-order valence-corrected chi connectivity index (χ1v) is 5.65. The highest BCUT2D eigenvalue weighted by Gasteiger charge is 2.21. The molecular formula is C13H12N2O2. The van der Waals surface area contributed by atoms with E-state index in [1.54, 1.807) is 18.5 Å². The van der Waals surface area contributed by atoms with Gasteiger partial charge >= 0.3 is 0 Å². The third kappa shape index (κ3) is 1.71. The van der Waals surface area contributed by atoms with Gasteiger partial charge in [0.1, 0.15) is 5.75 Å². The van der Waals surface area contributed by atoms with Crippen LogP contribution in [0.2, 0.25) is 0 Å². The Bertz CT molecular complexity index is 547. The van der Waals surface area contributed by atoms with Crippen molar-refractivity contribution in [3.8, 4) is 5.75 Å². The van der Waals surface area contributed by atoms with Gasteiger partial charge in [-0.2, -0.15) is 0 Å². The number of imidazole rings is 1. The molecule has 1 aliphatic rings. The molecule has 1 aromatic carbocycles. The Morgan fingerprint density at radius 3 is 3.18 bits per heavy atom. The monoisotopic (exact) mass is 228 g/mol. The minimum Gasteiger partial charge on any atom is -0.493 e. The summed E-state index contributed by atoms with van der Waals surface area (Å²) in [5, 5.41) is 0. The lowest BCUT2D eigenvalue weighted by Crippen LogP contribution is -2.14. The van der Waals surface area contributed by atoms with E-state index in [9.17, 15) is 4.79 Å². The predicted octanol–water partition coefficient (Wildman–Crippen LogP) is 1.97. The quantitative estimate of drug-likeness (QED) is 0.799. The van der Waals surface area contributed by atoms with Crippen molar-refractivity contribution in [3.05, 3.63) is 47.5 Å². The second-order valence-corrected chi connectivity index (χ2v) is 4.01. The third-order valence-corrected chi connectivity index (χ3v) is 2.89. The molecule has 0 fully saturated rings. The van der Waals surface area contributed by atoms with Gasteiger partial charge in [-0.25, -0.2) is 4.98 Å². The number of ketones is 1. The molecule has 2 heterocycles. The zero-order chi connectivity index (χ0) is 11.7. The number of rotatable bonds is 2. The van der Waals surface area contributed by atoms with E-state index in [0.29, 0.717) is 18.0 Å². The number of para-hydroxylation sites is 1. The van der Waals surface area contributed by atoms with Crippen molar-refractivity contribution in [2.45, 2.75) is 12.8 Å². The van der Waals surface area contributed by atoms with Gasteiger partial charge in [0.15, 0.2) is 5.82 Å². The van der Waals surface area contributed by atoms with Crippen molar-refractivity contribution < 1.29 is 9.53 Å². The van der Waals surface area contributed by atoms with Crippen LogP contribution in [0.3, 0.4) is 0 Å². The van der Waals surface area contributed by atoms with Crippen LogP contribution in [-0.2, 0) is 6.42 Å². The molecule has 1 aromatic heterocycles. The molecule has 17 heavy (non-hydrogen) atoms. The molecule has 0 amide bonds. The van der Waals surface area contributed by atoms with E-state index in [4.69, 9.17) is 4.74 Å². The van der Waals surface area contributed by atoms with Crippen molar-refractivity contribution in [2.75, 3.05) is 6.61 Å². The molecule has 0 bridgehead atoms. The number of hydrogen-bond acceptors (Lipinski definition) is 3. The van der Waals surface area contributed by atoms with Crippen LogP contribution in [0.15, 0.2) is 30.6 Å². The number of carbonyl (C=O) groups is 1. The lowest BCUT2D eigenvalue weighted by Gasteiger charge is -2.19. The maximum absolute atomic E-state index is 12.2. The minimum atomic E-state index is -0.117. The molecule has 0 aliphatic carbocycles. The highest BCUT2D eigenvalue weighted by molar-refractivity contribution is 6.08. The minimum absolute atomic E-state index is 0.117. The third-order valence-electron chi connectivity index (χ3n) is 2.89. The topological polar surface area (TPSA) is 55.0 Å². The number of fused-ring (bicyclic) bond motifs is 1. The van der Waals surface area contributed by atoms with Gasteiger partial charge in [-0.3, -0.25) is 4.79 Å². The van der Waals surface area contributed by atoms with Gasteiger partial charge in [0, 0.05) is 12.4 Å². The largest absolute Gasteiger partial charge is 0.493 e. The first-order chi connectivity index (χ1) is 8.36. The van der Waals surface area contributed by atoms with Crippen molar-refractivity contribution >= 4 is 5.78 Å². The summed E-state index contributed by atoms with van der Waals surface area (Å²) >= 11 is 0. The van der Waals surface area contributed by atoms with Gasteiger partial charge in [-0.15, -0.1) is 0 Å². The summed E-state index contributed by atoms with van der Waals surface area (Å²) < 4.78 is 5.61. The summed E-state index contributed by atoms with van der Waals surface area (Å²) in [5.74, 6) is 0.960. The van der Waals surface area contributed by atoms with E-state index in [1.807, 2.05) is 12.1 Å². The molecule has 1 aliphatic heterocycles. The molecule has 0 saturated heterocycles. The van der Waals surface area contributed by atoms with E-state index < -0.39 is 0 Å². The molecule has 0 atom stereocenters. The summed E-state index contributed by atoms with van der Waals surface area (Å²) in [5.41, 5.74) is 1.70. The lowest BCUT2D eigenvalue weighted by molar-refractivity contribution is 0.102. The first-order valence-electron chi connectivity index (χ1n) is 5.65. The number of ether oxygens (including phenoxy) is 1. The van der Waals surface area contributed by atoms with E-state index in [-0.39, 0.29) is 5.78 Å². The standard InChI is InChI=1S/C13H12N2O2/c16-11(13-14-6-7-15-13)10-5-1-3-9-4-2-8-17-12(9)10/h1,3,5-7H,2,4,8H2,(H,14,15). The summed E-state index contributed by atoms with van der Waals surface area (Å²) in [4.78, 5) is 19.0. The Hall–Kier alpha value is -2.10. The van der Waals surface area contributed by atoms with Crippen molar-refractivity contribution in [1.29, 1.82) is 0 Å². The molecular weight excluding hydrogens is 216 g/mol. The van der Waals surface area contributed by atoms with E-state index in [1.165, 1.54) is 0 Å². The average molecular weight is 228 g/mol. The molecule has 0 saturated carbocycles. The molecule has 4 heteroatoms. The number of carbonyl (C=O) groups excluding carboxylic acids is 1. The van der Waals surface area contributed by atoms with Gasteiger partial charge in [0.25, 0.3) is 0 Å². The van der Waals surface area contributed by atoms with Crippen molar-refractivity contribution in [3.63, 3.8) is 0 Å². The number of aromatic amines is 1. The number of nitrogens with one attached hydrogen (secondary N) is 1. The zero-order valence-corrected chi connectivity index (χ0v) is 9.27. The maximum Gasteiger partial charge on any atom is 0.231 e. The van der Waals surface area contributed by atoms with E-state index in [2.05, 4.69) is 9.97 Å². The second kappa shape index (κ2) is 4.05. The van der Waals surface area contributed by atoms with Crippen LogP contribution >= 0.6 is 0 Å². The Balaban J connectivity index is 2.06. The molecule has 0 radical (unpaired) electrons. The van der Waals surface area contributed by atoms with Crippen molar-refractivity contribution in [2.24, 2.45) is 0 Å². The highest BCUT2D eigenvalue weighted by atomic mass is 16.5. The molecule has 2 aromatic rings. The summed E-state index contributed by atoms with van der Waals surface area (Å²) in [6, 6.07) is 5.69. The normalized spacial score (nSPS) is 13.9. The van der Waals surface area contributed by atoms with Crippen molar-refractivity contribution in [1.82, 2.24) is 9.97 Å². The molecule has 0 spiro atoms. The first kappa shape index (κ1) is 10.1. The van der Waals surface area contributed by atoms with Crippen LogP contribution in [-0.4, -0.2) is 22.4 Å². The number of aryl methyl sites for hydroxylation is 1. The van der Waals surface area contributed by atoms with Crippen LogP contribution in [0, 0.1) is 0 Å². The van der Waals surface area contributed by atoms with Crippen LogP contribution in [0.4, 0.5) is 0 Å². The van der Waals surface area contributed by atoms with Crippen LogP contribution in [0.5, 0.6) is 5.75 Å². The highest BCUT2D eigenvalue weighted by Crippen LogP contribution is 2.29. The van der Waals surface area contributed by atoms with Crippen LogP contribution in [0.1, 0.15) is 28.2 Å². The van der Waals surface area contributed by atoms with Gasteiger partial charge in [0.2, 0.25) is 5.78 Å². The Morgan fingerprint density at radius 1 is 1.41 bits per heavy atom. The Morgan fingerprint density at radius 2 is 2.35 bits per heavy atom. The fraction of sp³-hybridized carbons (Fsp3) is 0.231. The summed E-state index contributed by atoms with van der Waals surface area (Å²) in [7, 11) is 0. The number of aromatic nitrogens is 2. The molecule has 4 nitrogen and oxygen atoms in total. The second-order valence-electron chi connectivity index (χ2n) is 4.01. The van der Waals surface area contributed by atoms with Gasteiger partial charge in [-0.1, -0.05) is 12.1 Å². The zero-order valence-electron chi connectivity index (χ0n) is 9.27. The Labute approximate surface area is 98.6 Å². The average Bonchev–Trinajstić information content (AvgIpc) is 2.91. The van der Waals surface area contributed by atoms with Gasteiger partial charge in [0.05, 0.1) is 12.2 Å². The van der Waals surface area contributed by atoms with E-state index in [0.717, 1.165) is 24.2 Å². The molecule has 86 valence electrons. The number of H-pyrrole nitrogens is 1. The molecule has 1 N–H and O–H groups in total. The number of hydrogen-bond donors (Lipinski definition) is 1. The summed E-state index contributed by atoms with van der Waals surface area (Å²) in [6.07, 6.45) is 5.19. The predicted molar refractivity (Wildman–Crippen MR) is 62.3 cm³/mol. The molecule has 0 unspecified atom stereocenters. The maximum atomic E-state index is 12.2. The smallest absolute Gasteiger partial charge is 0.231 e. The summed E-state index contributed by atoms with van der Waals surface area (Å²) in [6.45, 7) is 0.676. The van der Waals surface area contributed by atoms with Crippen LogP contribution < -0.4 is 4.74 Å². The van der Waals surface area contributed by atoms with Crippen LogP contribution in [0.25, 0.3) is 0 Å². The van der Waals surface area contributed by atoms with Gasteiger partial charge in [-0.05, 0) is 24.5 Å². The fourth-order valence-corrected chi connectivity index (χ4v) is 2.08.